The smallest absolute Gasteiger partial charge is 0.335 e. The van der Waals surface area contributed by atoms with Gasteiger partial charge in [0.15, 0.2) is 6.10 Å². The van der Waals surface area contributed by atoms with Gasteiger partial charge in [0.05, 0.1) is 6.61 Å². The van der Waals surface area contributed by atoms with Gasteiger partial charge in [0, 0.05) is 7.11 Å². The third-order valence-corrected chi connectivity index (χ3v) is 4.11. The Morgan fingerprint density at radius 1 is 0.773 bits per heavy atom. The monoisotopic (exact) mass is 314 g/mol. The quantitative estimate of drug-likeness (QED) is 0.272. The molecule has 1 unspecified atom stereocenters. The summed E-state index contributed by atoms with van der Waals surface area (Å²) in [6.45, 7) is 4.96. The van der Waals surface area contributed by atoms with Gasteiger partial charge in [-0.05, 0) is 12.8 Å². The molecule has 0 aromatic rings. The Morgan fingerprint density at radius 3 is 1.82 bits per heavy atom. The Balaban J connectivity index is 3.54. The van der Waals surface area contributed by atoms with E-state index >= 15 is 0 Å². The number of unbranched alkanes of at least 4 members (excludes halogenated alkanes) is 10. The summed E-state index contributed by atoms with van der Waals surface area (Å²) in [5.41, 5.74) is 0. The topological polar surface area (TPSA) is 35.5 Å². The molecular weight excluding hydrogens is 276 g/mol. The molecule has 0 aliphatic heterocycles. The second kappa shape index (κ2) is 16.8. The van der Waals surface area contributed by atoms with Crippen molar-refractivity contribution in [3.05, 3.63) is 0 Å². The summed E-state index contributed by atoms with van der Waals surface area (Å²) in [6, 6.07) is 0. The van der Waals surface area contributed by atoms with E-state index in [0.717, 1.165) is 25.7 Å². The van der Waals surface area contributed by atoms with Crippen LogP contribution in [0.5, 0.6) is 0 Å². The standard InChI is InChI=1S/C19H38O3/c1-4-6-8-10-11-12-13-14-16-18(21-3)19(20)22-17-15-9-7-5-2/h18H,4-17H2,1-3H3. The normalized spacial score (nSPS) is 12.3. The summed E-state index contributed by atoms with van der Waals surface area (Å²) in [5.74, 6) is -0.179. The van der Waals surface area contributed by atoms with Crippen molar-refractivity contribution in [3.8, 4) is 0 Å². The van der Waals surface area contributed by atoms with Crippen molar-refractivity contribution < 1.29 is 14.3 Å². The summed E-state index contributed by atoms with van der Waals surface area (Å²) in [7, 11) is 1.60. The van der Waals surface area contributed by atoms with Crippen LogP contribution in [0.25, 0.3) is 0 Å². The molecule has 0 amide bonds. The van der Waals surface area contributed by atoms with Crippen LogP contribution in [0, 0.1) is 0 Å². The van der Waals surface area contributed by atoms with Gasteiger partial charge in [-0.3, -0.25) is 0 Å². The van der Waals surface area contributed by atoms with Crippen molar-refractivity contribution in [2.75, 3.05) is 13.7 Å². The predicted molar refractivity (Wildman–Crippen MR) is 93.1 cm³/mol. The van der Waals surface area contributed by atoms with Gasteiger partial charge in [-0.25, -0.2) is 4.79 Å². The first-order chi connectivity index (χ1) is 10.8. The minimum Gasteiger partial charge on any atom is -0.464 e. The first kappa shape index (κ1) is 21.4. The highest BCUT2D eigenvalue weighted by Gasteiger charge is 2.18. The highest BCUT2D eigenvalue weighted by Crippen LogP contribution is 2.12. The van der Waals surface area contributed by atoms with Crippen LogP contribution >= 0.6 is 0 Å². The van der Waals surface area contributed by atoms with Gasteiger partial charge < -0.3 is 9.47 Å². The first-order valence-electron chi connectivity index (χ1n) is 9.45. The molecule has 0 rings (SSSR count). The molecule has 0 aliphatic rings. The fourth-order valence-electron chi connectivity index (χ4n) is 2.59. The number of carbonyl (C=O) groups is 1. The lowest BCUT2D eigenvalue weighted by Crippen LogP contribution is -2.25. The Labute approximate surface area is 138 Å². The van der Waals surface area contributed by atoms with E-state index in [2.05, 4.69) is 13.8 Å². The zero-order valence-corrected chi connectivity index (χ0v) is 15.2. The minimum absolute atomic E-state index is 0.179. The van der Waals surface area contributed by atoms with E-state index in [0.29, 0.717) is 6.61 Å². The van der Waals surface area contributed by atoms with Crippen LogP contribution < -0.4 is 0 Å². The van der Waals surface area contributed by atoms with E-state index in [1.807, 2.05) is 0 Å². The summed E-state index contributed by atoms with van der Waals surface area (Å²) < 4.78 is 10.6. The SMILES string of the molecule is CCCCCCCCCCC(OC)C(=O)OCCCCCC. The second-order valence-electron chi connectivity index (χ2n) is 6.22. The Bertz CT molecular complexity index is 241. The van der Waals surface area contributed by atoms with Crippen LogP contribution in [-0.4, -0.2) is 25.8 Å². The molecule has 22 heavy (non-hydrogen) atoms. The highest BCUT2D eigenvalue weighted by molar-refractivity contribution is 5.74. The lowest BCUT2D eigenvalue weighted by Gasteiger charge is -2.14. The zero-order chi connectivity index (χ0) is 16.5. The maximum atomic E-state index is 11.9. The van der Waals surface area contributed by atoms with E-state index < -0.39 is 0 Å². The Kier molecular flexibility index (Phi) is 16.4. The number of hydrogen-bond acceptors (Lipinski definition) is 3. The molecule has 1 atom stereocenters. The molecule has 0 bridgehead atoms. The molecule has 0 N–H and O–H groups in total. The van der Waals surface area contributed by atoms with Crippen molar-refractivity contribution in [1.82, 2.24) is 0 Å². The third-order valence-electron chi connectivity index (χ3n) is 4.11. The van der Waals surface area contributed by atoms with Crippen LogP contribution in [0.1, 0.15) is 97.3 Å². The molecule has 132 valence electrons. The van der Waals surface area contributed by atoms with Gasteiger partial charge >= 0.3 is 5.97 Å². The molecular formula is C19H38O3. The van der Waals surface area contributed by atoms with Gasteiger partial charge in [0.2, 0.25) is 0 Å². The Morgan fingerprint density at radius 2 is 1.27 bits per heavy atom. The molecule has 3 nitrogen and oxygen atoms in total. The first-order valence-corrected chi connectivity index (χ1v) is 9.45. The maximum Gasteiger partial charge on any atom is 0.335 e. The summed E-state index contributed by atoms with van der Waals surface area (Å²) in [5, 5.41) is 0. The van der Waals surface area contributed by atoms with Gasteiger partial charge in [-0.2, -0.15) is 0 Å². The number of methoxy groups -OCH3 is 1. The van der Waals surface area contributed by atoms with Gasteiger partial charge in [0.25, 0.3) is 0 Å². The van der Waals surface area contributed by atoms with Crippen LogP contribution in [0.4, 0.5) is 0 Å². The lowest BCUT2D eigenvalue weighted by atomic mass is 10.1. The molecule has 0 aromatic carbocycles. The summed E-state index contributed by atoms with van der Waals surface area (Å²) in [4.78, 5) is 11.9. The van der Waals surface area contributed by atoms with Gasteiger partial charge in [0.1, 0.15) is 0 Å². The van der Waals surface area contributed by atoms with E-state index in [1.165, 1.54) is 57.8 Å². The fourth-order valence-corrected chi connectivity index (χ4v) is 2.59. The Hall–Kier alpha value is -0.570. The van der Waals surface area contributed by atoms with Gasteiger partial charge in [-0.15, -0.1) is 0 Å². The van der Waals surface area contributed by atoms with Crippen molar-refractivity contribution in [1.29, 1.82) is 0 Å². The van der Waals surface area contributed by atoms with E-state index in [9.17, 15) is 4.79 Å². The number of carbonyl (C=O) groups excluding carboxylic acids is 1. The molecule has 0 heterocycles. The van der Waals surface area contributed by atoms with Crippen molar-refractivity contribution in [2.24, 2.45) is 0 Å². The third kappa shape index (κ3) is 13.1. The number of hydrogen-bond donors (Lipinski definition) is 0. The maximum absolute atomic E-state index is 11.9. The molecule has 0 spiro atoms. The van der Waals surface area contributed by atoms with Crippen LogP contribution in [0.15, 0.2) is 0 Å². The predicted octanol–water partition coefficient (Wildman–Crippen LogP) is 5.66. The van der Waals surface area contributed by atoms with E-state index in [4.69, 9.17) is 9.47 Å². The van der Waals surface area contributed by atoms with Crippen LogP contribution in [0.3, 0.4) is 0 Å². The molecule has 0 fully saturated rings. The van der Waals surface area contributed by atoms with E-state index in [1.54, 1.807) is 7.11 Å². The van der Waals surface area contributed by atoms with Crippen molar-refractivity contribution in [2.45, 2.75) is 103 Å². The van der Waals surface area contributed by atoms with Gasteiger partial charge in [-0.1, -0.05) is 84.5 Å². The summed E-state index contributed by atoms with van der Waals surface area (Å²) in [6.07, 6.45) is 15.1. The van der Waals surface area contributed by atoms with Crippen LogP contribution in [0.2, 0.25) is 0 Å². The molecule has 0 aromatic heterocycles. The van der Waals surface area contributed by atoms with E-state index in [-0.39, 0.29) is 12.1 Å². The average molecular weight is 315 g/mol. The average Bonchev–Trinajstić information content (AvgIpc) is 2.53. The van der Waals surface area contributed by atoms with Crippen molar-refractivity contribution >= 4 is 5.97 Å². The largest absolute Gasteiger partial charge is 0.464 e. The highest BCUT2D eigenvalue weighted by atomic mass is 16.6. The fraction of sp³-hybridized carbons (Fsp3) is 0.947. The molecule has 0 radical (unpaired) electrons. The number of esters is 1. The van der Waals surface area contributed by atoms with Crippen LogP contribution in [-0.2, 0) is 14.3 Å². The van der Waals surface area contributed by atoms with Crippen molar-refractivity contribution in [3.63, 3.8) is 0 Å². The molecule has 0 saturated carbocycles. The zero-order valence-electron chi connectivity index (χ0n) is 15.2. The number of ether oxygens (including phenoxy) is 2. The summed E-state index contributed by atoms with van der Waals surface area (Å²) >= 11 is 0. The minimum atomic E-state index is -0.369. The molecule has 3 heteroatoms. The number of rotatable bonds is 16. The molecule has 0 saturated heterocycles. The molecule has 0 aliphatic carbocycles. The second-order valence-corrected chi connectivity index (χ2v) is 6.22. The lowest BCUT2D eigenvalue weighted by molar-refractivity contribution is -0.156.